The van der Waals surface area contributed by atoms with Crippen LogP contribution in [0.15, 0.2) is 60.7 Å². The first-order chi connectivity index (χ1) is 21.2. The highest BCUT2D eigenvalue weighted by Crippen LogP contribution is 2.31. The second-order valence-corrected chi connectivity index (χ2v) is 11.8. The fraction of sp³-hybridized carbons (Fsp3) is 0.515. The molecular formula is C33H41F3N4O4. The molecule has 3 heterocycles. The Morgan fingerprint density at radius 1 is 1.00 bits per heavy atom. The minimum atomic E-state index is -4.83. The lowest BCUT2D eigenvalue weighted by molar-refractivity contribution is -0.275. The Hall–Kier alpha value is -3.57. The van der Waals surface area contributed by atoms with Gasteiger partial charge in [-0.15, -0.1) is 13.2 Å². The summed E-state index contributed by atoms with van der Waals surface area (Å²) in [5.74, 6) is 0.340. The van der Waals surface area contributed by atoms with Crippen molar-refractivity contribution < 1.29 is 32.2 Å². The van der Waals surface area contributed by atoms with Crippen LogP contribution in [0.4, 0.5) is 13.2 Å². The van der Waals surface area contributed by atoms with Gasteiger partial charge in [0.25, 0.3) is 0 Å². The summed E-state index contributed by atoms with van der Waals surface area (Å²) in [5.41, 5.74) is 1.15. The molecule has 3 aliphatic heterocycles. The molecule has 11 heteroatoms. The first-order valence-electron chi connectivity index (χ1n) is 15.4. The van der Waals surface area contributed by atoms with E-state index in [1.54, 1.807) is 12.1 Å². The maximum absolute atomic E-state index is 13.7. The number of ether oxygens (including phenoxy) is 2. The number of likely N-dealkylation sites (tertiary alicyclic amines) is 1. The summed E-state index contributed by atoms with van der Waals surface area (Å²) in [6, 6.07) is 13.5. The lowest BCUT2D eigenvalue weighted by Gasteiger charge is -2.38. The van der Waals surface area contributed by atoms with E-state index in [0.29, 0.717) is 56.9 Å². The molecule has 2 amide bonds. The number of amides is 2. The highest BCUT2D eigenvalue weighted by molar-refractivity contribution is 5.79. The molecular weight excluding hydrogens is 573 g/mol. The number of carbonyl (C=O) groups is 2. The molecule has 2 aromatic rings. The topological polar surface area (TPSA) is 74.3 Å². The van der Waals surface area contributed by atoms with Gasteiger partial charge in [0.2, 0.25) is 11.8 Å². The maximum Gasteiger partial charge on any atom is 0.573 e. The Labute approximate surface area is 256 Å². The van der Waals surface area contributed by atoms with Gasteiger partial charge in [-0.2, -0.15) is 0 Å². The molecule has 1 N–H and O–H groups in total. The summed E-state index contributed by atoms with van der Waals surface area (Å²) < 4.78 is 49.8. The van der Waals surface area contributed by atoms with E-state index in [1.165, 1.54) is 25.0 Å². The van der Waals surface area contributed by atoms with Crippen molar-refractivity contribution in [1.29, 1.82) is 0 Å². The van der Waals surface area contributed by atoms with E-state index in [2.05, 4.69) is 21.0 Å². The van der Waals surface area contributed by atoms with Crippen LogP contribution in [0.3, 0.4) is 0 Å². The van der Waals surface area contributed by atoms with Crippen molar-refractivity contribution >= 4 is 11.8 Å². The number of carbonyl (C=O) groups excluding carboxylic acids is 2. The van der Waals surface area contributed by atoms with Crippen LogP contribution in [0.1, 0.15) is 36.8 Å². The van der Waals surface area contributed by atoms with Crippen LogP contribution < -0.4 is 14.8 Å². The molecule has 0 aliphatic carbocycles. The van der Waals surface area contributed by atoms with Crippen molar-refractivity contribution in [3.8, 4) is 11.5 Å². The van der Waals surface area contributed by atoms with Crippen LogP contribution in [-0.2, 0) is 22.7 Å². The summed E-state index contributed by atoms with van der Waals surface area (Å²) in [4.78, 5) is 32.5. The van der Waals surface area contributed by atoms with Crippen LogP contribution in [0, 0.1) is 11.8 Å². The lowest BCUT2D eigenvalue weighted by Crippen LogP contribution is -2.47. The molecule has 0 spiro atoms. The molecule has 2 aromatic carbocycles. The minimum absolute atomic E-state index is 0.00672. The van der Waals surface area contributed by atoms with E-state index in [0.717, 1.165) is 25.2 Å². The molecule has 8 nitrogen and oxygen atoms in total. The molecule has 2 saturated heterocycles. The first kappa shape index (κ1) is 31.8. The number of para-hydroxylation sites is 2. The normalized spacial score (nSPS) is 21.9. The van der Waals surface area contributed by atoms with Gasteiger partial charge in [-0.05, 0) is 56.3 Å². The summed E-state index contributed by atoms with van der Waals surface area (Å²) in [6.07, 6.45) is 2.69. The molecule has 44 heavy (non-hydrogen) atoms. The van der Waals surface area contributed by atoms with Crippen molar-refractivity contribution in [3.05, 3.63) is 71.8 Å². The Morgan fingerprint density at radius 2 is 1.77 bits per heavy atom. The first-order valence-corrected chi connectivity index (χ1v) is 15.4. The number of nitrogens with one attached hydrogen (secondary N) is 1. The number of rotatable bonds is 8. The zero-order chi connectivity index (χ0) is 30.9. The number of fused-ring (bicyclic) bond motifs is 3. The molecule has 0 aromatic heterocycles. The van der Waals surface area contributed by atoms with Crippen LogP contribution in [0.25, 0.3) is 0 Å². The second-order valence-electron chi connectivity index (χ2n) is 11.8. The highest BCUT2D eigenvalue weighted by Gasteiger charge is 2.34. The van der Waals surface area contributed by atoms with Crippen molar-refractivity contribution in [2.45, 2.75) is 45.1 Å². The maximum atomic E-state index is 13.7. The smallest absolute Gasteiger partial charge is 0.489 e. The zero-order valence-corrected chi connectivity index (χ0v) is 24.9. The van der Waals surface area contributed by atoms with Crippen molar-refractivity contribution in [2.24, 2.45) is 11.8 Å². The summed E-state index contributed by atoms with van der Waals surface area (Å²) in [6.45, 7) is 5.36. The molecule has 0 saturated carbocycles. The van der Waals surface area contributed by atoms with Gasteiger partial charge in [0.05, 0.1) is 6.54 Å². The van der Waals surface area contributed by atoms with Crippen LogP contribution >= 0.6 is 0 Å². The number of halogens is 3. The average Bonchev–Trinajstić information content (AvgIpc) is 3.50. The van der Waals surface area contributed by atoms with Gasteiger partial charge in [-0.3, -0.25) is 14.5 Å². The molecule has 2 fully saturated rings. The van der Waals surface area contributed by atoms with Gasteiger partial charge in [-0.25, -0.2) is 0 Å². The third-order valence-electron chi connectivity index (χ3n) is 8.59. The summed E-state index contributed by atoms with van der Waals surface area (Å²) >= 11 is 0. The zero-order valence-electron chi connectivity index (χ0n) is 24.9. The number of hydrogen-bond acceptors (Lipinski definition) is 6. The van der Waals surface area contributed by atoms with Gasteiger partial charge < -0.3 is 24.6 Å². The molecule has 238 valence electrons. The number of nitrogens with zero attached hydrogens (tertiary/aromatic N) is 3. The Kier molecular flexibility index (Phi) is 10.8. The van der Waals surface area contributed by atoms with Crippen molar-refractivity contribution in [2.75, 3.05) is 52.4 Å². The van der Waals surface area contributed by atoms with Gasteiger partial charge in [0.15, 0.2) is 0 Å². The fourth-order valence-corrected chi connectivity index (χ4v) is 6.34. The van der Waals surface area contributed by atoms with Crippen LogP contribution in [0.2, 0.25) is 0 Å². The molecule has 5 rings (SSSR count). The van der Waals surface area contributed by atoms with Crippen LogP contribution in [0.5, 0.6) is 11.5 Å². The van der Waals surface area contributed by atoms with E-state index in [9.17, 15) is 22.8 Å². The monoisotopic (exact) mass is 614 g/mol. The second kappa shape index (κ2) is 14.9. The van der Waals surface area contributed by atoms with E-state index >= 15 is 0 Å². The molecule has 2 bridgehead atoms. The SMILES string of the molecule is O=C(C[C@@H]1CCN2C[C@@H]1C=CCOc1ccccc1CN(Cc1ccccc1OC(F)(F)F)CC2=O)NCCN1CCCC1. The van der Waals surface area contributed by atoms with E-state index in [-0.39, 0.29) is 42.5 Å². The largest absolute Gasteiger partial charge is 0.573 e. The highest BCUT2D eigenvalue weighted by atomic mass is 19.4. The van der Waals surface area contributed by atoms with Crippen LogP contribution in [-0.4, -0.2) is 85.3 Å². The van der Waals surface area contributed by atoms with E-state index in [4.69, 9.17) is 4.74 Å². The standard InChI is InChI=1S/C33H41F3N4O4/c34-33(35,36)44-30-12-4-2-9-28(30)22-39-21-27-8-1-3-11-29(27)43-19-7-10-26-23-40(32(42)24-39)17-13-25(26)20-31(41)37-14-18-38-15-5-6-16-38/h1-4,7-12,25-26H,5-6,13-24H2,(H,37,41)/t25-,26-/m0/s1. The lowest BCUT2D eigenvalue weighted by atomic mass is 9.82. The van der Waals surface area contributed by atoms with Gasteiger partial charge >= 0.3 is 6.36 Å². The molecule has 2 atom stereocenters. The molecule has 0 unspecified atom stereocenters. The quantitative estimate of drug-likeness (QED) is 0.439. The minimum Gasteiger partial charge on any atom is -0.489 e. The number of alkyl halides is 3. The van der Waals surface area contributed by atoms with Crippen molar-refractivity contribution in [3.63, 3.8) is 0 Å². The fourth-order valence-electron chi connectivity index (χ4n) is 6.34. The van der Waals surface area contributed by atoms with E-state index in [1.807, 2.05) is 40.1 Å². The van der Waals surface area contributed by atoms with Crippen molar-refractivity contribution in [1.82, 2.24) is 20.0 Å². The number of piperidine rings is 1. The average molecular weight is 615 g/mol. The van der Waals surface area contributed by atoms with Gasteiger partial charge in [0, 0.05) is 56.8 Å². The van der Waals surface area contributed by atoms with Gasteiger partial charge in [-0.1, -0.05) is 48.6 Å². The third kappa shape index (κ3) is 9.22. The Bertz CT molecular complexity index is 1300. The molecule has 3 aliphatic rings. The predicted octanol–water partition coefficient (Wildman–Crippen LogP) is 4.60. The molecule has 0 radical (unpaired) electrons. The number of hydrogen-bond donors (Lipinski definition) is 1. The summed E-state index contributed by atoms with van der Waals surface area (Å²) in [7, 11) is 0. The Morgan fingerprint density at radius 3 is 2.59 bits per heavy atom. The third-order valence-corrected chi connectivity index (χ3v) is 8.59. The summed E-state index contributed by atoms with van der Waals surface area (Å²) in [5, 5.41) is 3.08. The van der Waals surface area contributed by atoms with E-state index < -0.39 is 6.36 Å². The van der Waals surface area contributed by atoms with Gasteiger partial charge in [0.1, 0.15) is 18.1 Å². The predicted molar refractivity (Wildman–Crippen MR) is 160 cm³/mol. The Balaban J connectivity index is 1.30. The number of benzene rings is 2.